The second-order valence-corrected chi connectivity index (χ2v) is 11.3. The van der Waals surface area contributed by atoms with Gasteiger partial charge in [0.15, 0.2) is 16.0 Å². The molecule has 3 heterocycles. The minimum absolute atomic E-state index is 0.0839. The van der Waals surface area contributed by atoms with E-state index in [1.807, 2.05) is 22.1 Å². The molecule has 0 amide bonds. The summed E-state index contributed by atoms with van der Waals surface area (Å²) in [5, 5.41) is 14.8. The largest absolute Gasteiger partial charge is 0.293 e. The molecule has 36 heavy (non-hydrogen) atoms. The summed E-state index contributed by atoms with van der Waals surface area (Å²) in [5.41, 5.74) is 4.85. The number of piperazine rings is 1. The second-order valence-electron chi connectivity index (χ2n) is 9.92. The maximum atomic E-state index is 13.5. The van der Waals surface area contributed by atoms with Gasteiger partial charge in [-0.1, -0.05) is 13.8 Å². The molecule has 1 fully saturated rings. The normalized spacial score (nSPS) is 18.4. The van der Waals surface area contributed by atoms with Gasteiger partial charge in [0.05, 0.1) is 23.1 Å². The van der Waals surface area contributed by atoms with Crippen molar-refractivity contribution in [3.8, 4) is 5.69 Å². The van der Waals surface area contributed by atoms with E-state index in [2.05, 4.69) is 53.1 Å². The fourth-order valence-electron chi connectivity index (χ4n) is 5.04. The smallest absolute Gasteiger partial charge is 0.187 e. The highest BCUT2D eigenvalue weighted by Gasteiger charge is 2.34. The number of nitrogens with zero attached hydrogens (tertiary/aromatic N) is 7. The van der Waals surface area contributed by atoms with Crippen molar-refractivity contribution >= 4 is 21.9 Å². The Morgan fingerprint density at radius 3 is 2.53 bits per heavy atom. The van der Waals surface area contributed by atoms with Crippen molar-refractivity contribution in [3.05, 3.63) is 65.2 Å². The van der Waals surface area contributed by atoms with Crippen LogP contribution in [0.15, 0.2) is 47.6 Å². The van der Waals surface area contributed by atoms with Crippen molar-refractivity contribution in [2.75, 3.05) is 26.2 Å². The predicted molar refractivity (Wildman–Crippen MR) is 139 cm³/mol. The Balaban J connectivity index is 1.50. The summed E-state index contributed by atoms with van der Waals surface area (Å²) in [6.45, 7) is 11.5. The van der Waals surface area contributed by atoms with Crippen molar-refractivity contribution in [3.63, 3.8) is 0 Å². The highest BCUT2D eigenvalue weighted by Crippen LogP contribution is 2.33. The molecule has 10 heteroatoms. The number of benzene rings is 2. The number of fused-ring (bicyclic) bond motifs is 1. The topological polar surface area (TPSA) is 72.1 Å². The van der Waals surface area contributed by atoms with Crippen LogP contribution in [0.1, 0.15) is 36.7 Å². The average molecular weight is 510 g/mol. The summed E-state index contributed by atoms with van der Waals surface area (Å²) in [5.74, 6) is 0.242. The fourth-order valence-corrected chi connectivity index (χ4v) is 6.29. The van der Waals surface area contributed by atoms with Crippen LogP contribution < -0.4 is 0 Å². The summed E-state index contributed by atoms with van der Waals surface area (Å²) in [7, 11) is 0.378. The highest BCUT2D eigenvalue weighted by molar-refractivity contribution is 7.82. The number of rotatable bonds is 6. The molecule has 0 bridgehead atoms. The van der Waals surface area contributed by atoms with Crippen LogP contribution in [0.25, 0.3) is 16.6 Å². The van der Waals surface area contributed by atoms with Gasteiger partial charge >= 0.3 is 0 Å². The van der Waals surface area contributed by atoms with Gasteiger partial charge in [0.1, 0.15) is 5.82 Å². The molecule has 0 spiro atoms. The summed E-state index contributed by atoms with van der Waals surface area (Å²) in [6.07, 6.45) is 1.86. The first-order chi connectivity index (χ1) is 17.2. The van der Waals surface area contributed by atoms with Gasteiger partial charge in [0, 0.05) is 44.7 Å². The van der Waals surface area contributed by atoms with E-state index in [1.165, 1.54) is 22.5 Å². The van der Waals surface area contributed by atoms with Crippen LogP contribution in [0.3, 0.4) is 0 Å². The predicted octanol–water partition coefficient (Wildman–Crippen LogP) is 3.95. The molecular formula is C26H32FN7OS. The molecule has 2 aromatic carbocycles. The van der Waals surface area contributed by atoms with Crippen LogP contribution in [-0.4, -0.2) is 64.4 Å². The van der Waals surface area contributed by atoms with Crippen LogP contribution in [0, 0.1) is 25.6 Å². The Labute approximate surface area is 213 Å². The number of aryl methyl sites for hydroxylation is 3. The lowest BCUT2D eigenvalue weighted by atomic mass is 9.96. The Bertz CT molecular complexity index is 1410. The third-order valence-electron chi connectivity index (χ3n) is 6.68. The van der Waals surface area contributed by atoms with Gasteiger partial charge in [-0.3, -0.25) is 4.90 Å². The molecule has 2 unspecified atom stereocenters. The molecule has 0 saturated carbocycles. The van der Waals surface area contributed by atoms with Gasteiger partial charge in [-0.15, -0.1) is 5.10 Å². The van der Waals surface area contributed by atoms with Gasteiger partial charge in [-0.05, 0) is 67.3 Å². The maximum absolute atomic E-state index is 13.5. The van der Waals surface area contributed by atoms with Crippen molar-refractivity contribution in [1.29, 1.82) is 0 Å². The van der Waals surface area contributed by atoms with Crippen molar-refractivity contribution in [2.24, 2.45) is 13.0 Å². The number of hydrogen-bond donors (Lipinski definition) is 0. The Morgan fingerprint density at radius 2 is 1.86 bits per heavy atom. The summed E-state index contributed by atoms with van der Waals surface area (Å²) < 4.78 is 30.8. The van der Waals surface area contributed by atoms with E-state index in [1.54, 1.807) is 19.2 Å². The first-order valence-electron chi connectivity index (χ1n) is 12.2. The average Bonchev–Trinajstić information content (AvgIpc) is 3.40. The molecule has 4 aromatic rings. The van der Waals surface area contributed by atoms with Gasteiger partial charge < -0.3 is 0 Å². The Kier molecular flexibility index (Phi) is 6.76. The molecule has 1 aliphatic rings. The molecule has 1 saturated heterocycles. The van der Waals surface area contributed by atoms with Crippen molar-refractivity contribution in [2.45, 2.75) is 38.8 Å². The SMILES string of the molecule is Cc1cc2c(cnn2-c2ccc(F)cc2)cc1C1CN(S(=O)c2nn(C)nc2C)CCN1CC(C)C. The van der Waals surface area contributed by atoms with E-state index in [4.69, 9.17) is 0 Å². The van der Waals surface area contributed by atoms with E-state index in [0.717, 1.165) is 35.2 Å². The Morgan fingerprint density at radius 1 is 1.11 bits per heavy atom. The molecule has 0 N–H and O–H groups in total. The lowest BCUT2D eigenvalue weighted by Gasteiger charge is -2.42. The molecular weight excluding hydrogens is 477 g/mol. The molecule has 2 atom stereocenters. The lowest BCUT2D eigenvalue weighted by molar-refractivity contribution is 0.107. The second kappa shape index (κ2) is 9.84. The zero-order valence-corrected chi connectivity index (χ0v) is 22.2. The molecule has 2 aromatic heterocycles. The highest BCUT2D eigenvalue weighted by atomic mass is 32.2. The zero-order chi connectivity index (χ0) is 25.6. The van der Waals surface area contributed by atoms with Gasteiger partial charge in [-0.2, -0.15) is 15.0 Å². The molecule has 1 aliphatic heterocycles. The molecule has 0 aliphatic carbocycles. The van der Waals surface area contributed by atoms with Gasteiger partial charge in [-0.25, -0.2) is 17.6 Å². The summed E-state index contributed by atoms with van der Waals surface area (Å²) in [6, 6.07) is 10.8. The number of hydrogen-bond acceptors (Lipinski definition) is 5. The van der Waals surface area contributed by atoms with Crippen LogP contribution >= 0.6 is 0 Å². The lowest BCUT2D eigenvalue weighted by Crippen LogP contribution is -2.50. The maximum Gasteiger partial charge on any atom is 0.187 e. The van der Waals surface area contributed by atoms with E-state index in [9.17, 15) is 8.60 Å². The van der Waals surface area contributed by atoms with Gasteiger partial charge in [0.2, 0.25) is 0 Å². The standard InChI is InChI=1S/C26H32FN7OS/c1-17(2)15-32-10-11-33(36(35)26-19(4)29-31(5)30-26)16-25(32)23-13-20-14-28-34(24(20)12-18(23)3)22-8-6-21(27)7-9-22/h6-9,12-14,17,25H,10-11,15-16H2,1-5H3. The van der Waals surface area contributed by atoms with E-state index in [0.29, 0.717) is 29.7 Å². The minimum Gasteiger partial charge on any atom is -0.293 e. The van der Waals surface area contributed by atoms with E-state index >= 15 is 0 Å². The first-order valence-corrected chi connectivity index (χ1v) is 13.3. The van der Waals surface area contributed by atoms with E-state index < -0.39 is 11.0 Å². The van der Waals surface area contributed by atoms with Crippen LogP contribution in [-0.2, 0) is 18.0 Å². The van der Waals surface area contributed by atoms with E-state index in [-0.39, 0.29) is 11.9 Å². The minimum atomic E-state index is -1.37. The molecule has 190 valence electrons. The van der Waals surface area contributed by atoms with Crippen LogP contribution in [0.2, 0.25) is 0 Å². The first kappa shape index (κ1) is 24.7. The zero-order valence-electron chi connectivity index (χ0n) is 21.3. The third kappa shape index (κ3) is 4.72. The fraction of sp³-hybridized carbons (Fsp3) is 0.423. The molecule has 0 radical (unpaired) electrons. The van der Waals surface area contributed by atoms with Crippen molar-refractivity contribution < 1.29 is 8.60 Å². The Hall–Kier alpha value is -2.95. The third-order valence-corrected chi connectivity index (χ3v) is 8.19. The van der Waals surface area contributed by atoms with Crippen LogP contribution in [0.4, 0.5) is 4.39 Å². The van der Waals surface area contributed by atoms with Crippen molar-refractivity contribution in [1.82, 2.24) is 34.0 Å². The number of aromatic nitrogens is 5. The summed E-state index contributed by atoms with van der Waals surface area (Å²) >= 11 is 0. The molecule has 5 rings (SSSR count). The number of halogens is 1. The molecule has 8 nitrogen and oxygen atoms in total. The monoisotopic (exact) mass is 509 g/mol. The quantitative estimate of drug-likeness (QED) is 0.394. The summed E-state index contributed by atoms with van der Waals surface area (Å²) in [4.78, 5) is 3.98. The van der Waals surface area contributed by atoms with Crippen LogP contribution in [0.5, 0.6) is 0 Å². The van der Waals surface area contributed by atoms with Gasteiger partial charge in [0.25, 0.3) is 0 Å².